The molecule has 1 amide bonds. The van der Waals surface area contributed by atoms with Gasteiger partial charge in [0, 0.05) is 18.7 Å². The Morgan fingerprint density at radius 1 is 1.11 bits per heavy atom. The minimum absolute atomic E-state index is 0.00894. The molecule has 0 saturated heterocycles. The van der Waals surface area contributed by atoms with Gasteiger partial charge in [-0.15, -0.1) is 0 Å². The highest BCUT2D eigenvalue weighted by molar-refractivity contribution is 5.96. The normalized spacial score (nSPS) is 13.3. The van der Waals surface area contributed by atoms with Crippen molar-refractivity contribution >= 4 is 28.6 Å². The number of aromatic amines is 1. The molecule has 0 fully saturated rings. The topological polar surface area (TPSA) is 93.2 Å². The molecule has 4 rings (SSSR count). The number of carbonyl (C=O) groups excluding carboxylic acids is 2. The van der Waals surface area contributed by atoms with Gasteiger partial charge < -0.3 is 15.0 Å². The van der Waals surface area contributed by atoms with E-state index in [2.05, 4.69) is 10.3 Å². The second-order valence-electron chi connectivity index (χ2n) is 6.51. The Bertz CT molecular complexity index is 1080. The van der Waals surface area contributed by atoms with Crippen molar-refractivity contribution < 1.29 is 14.3 Å². The SMILES string of the molecule is O=C1CCc2cc(C(=O)OCCCn3c(=O)[nH]c4ccccc43)ccc2N1. The average molecular weight is 365 g/mol. The van der Waals surface area contributed by atoms with E-state index in [1.165, 1.54) is 0 Å². The summed E-state index contributed by atoms with van der Waals surface area (Å²) in [5.41, 5.74) is 3.62. The smallest absolute Gasteiger partial charge is 0.338 e. The summed E-state index contributed by atoms with van der Waals surface area (Å²) in [6.45, 7) is 0.685. The first-order chi connectivity index (χ1) is 13.1. The molecule has 0 unspecified atom stereocenters. The molecule has 2 heterocycles. The summed E-state index contributed by atoms with van der Waals surface area (Å²) < 4.78 is 6.98. The maximum atomic E-state index is 12.3. The minimum atomic E-state index is -0.402. The number of hydrogen-bond donors (Lipinski definition) is 2. The molecule has 138 valence electrons. The Kier molecular flexibility index (Phi) is 4.50. The van der Waals surface area contributed by atoms with Gasteiger partial charge in [0.25, 0.3) is 0 Å². The van der Waals surface area contributed by atoms with Crippen LogP contribution in [0.1, 0.15) is 28.8 Å². The van der Waals surface area contributed by atoms with Crippen LogP contribution in [0, 0.1) is 0 Å². The van der Waals surface area contributed by atoms with Crippen LogP contribution in [-0.2, 0) is 22.5 Å². The molecule has 0 aliphatic carbocycles. The first-order valence-corrected chi connectivity index (χ1v) is 8.89. The number of nitrogens with one attached hydrogen (secondary N) is 2. The molecule has 27 heavy (non-hydrogen) atoms. The van der Waals surface area contributed by atoms with Gasteiger partial charge >= 0.3 is 11.7 Å². The van der Waals surface area contributed by atoms with Crippen LogP contribution in [0.5, 0.6) is 0 Å². The number of para-hydroxylation sites is 2. The zero-order chi connectivity index (χ0) is 18.8. The van der Waals surface area contributed by atoms with Crippen molar-refractivity contribution in [2.75, 3.05) is 11.9 Å². The first-order valence-electron chi connectivity index (χ1n) is 8.89. The van der Waals surface area contributed by atoms with E-state index in [9.17, 15) is 14.4 Å². The van der Waals surface area contributed by atoms with E-state index in [0.29, 0.717) is 31.4 Å². The van der Waals surface area contributed by atoms with Crippen molar-refractivity contribution in [3.63, 3.8) is 0 Å². The number of fused-ring (bicyclic) bond motifs is 2. The van der Waals surface area contributed by atoms with Gasteiger partial charge in [-0.05, 0) is 48.7 Å². The van der Waals surface area contributed by atoms with Gasteiger partial charge in [0.05, 0.1) is 23.2 Å². The lowest BCUT2D eigenvalue weighted by molar-refractivity contribution is -0.116. The lowest BCUT2D eigenvalue weighted by Crippen LogP contribution is -2.20. The molecular formula is C20H19N3O4. The summed E-state index contributed by atoms with van der Waals surface area (Å²) in [5, 5.41) is 2.79. The van der Waals surface area contributed by atoms with Crippen LogP contribution < -0.4 is 11.0 Å². The van der Waals surface area contributed by atoms with Crippen molar-refractivity contribution in [3.05, 3.63) is 64.1 Å². The Morgan fingerprint density at radius 2 is 1.96 bits per heavy atom. The summed E-state index contributed by atoms with van der Waals surface area (Å²) in [7, 11) is 0. The van der Waals surface area contributed by atoms with Gasteiger partial charge in [0.15, 0.2) is 0 Å². The Labute approximate surface area is 155 Å². The number of hydrogen-bond acceptors (Lipinski definition) is 4. The summed E-state index contributed by atoms with van der Waals surface area (Å²) in [6.07, 6.45) is 1.57. The molecule has 2 aromatic carbocycles. The molecule has 0 bridgehead atoms. The highest BCUT2D eigenvalue weighted by Crippen LogP contribution is 2.23. The number of nitrogens with zero attached hydrogens (tertiary/aromatic N) is 1. The van der Waals surface area contributed by atoms with E-state index in [1.54, 1.807) is 22.8 Å². The average Bonchev–Trinajstić information content (AvgIpc) is 2.99. The molecule has 2 N–H and O–H groups in total. The quantitative estimate of drug-likeness (QED) is 0.536. The number of amides is 1. The summed E-state index contributed by atoms with van der Waals surface area (Å²) >= 11 is 0. The zero-order valence-electron chi connectivity index (χ0n) is 14.7. The summed E-state index contributed by atoms with van der Waals surface area (Å²) in [5.74, 6) is -0.411. The molecule has 1 aromatic heterocycles. The lowest BCUT2D eigenvalue weighted by Gasteiger charge is -2.17. The molecule has 3 aromatic rings. The van der Waals surface area contributed by atoms with Crippen molar-refractivity contribution in [3.8, 4) is 0 Å². The second kappa shape index (κ2) is 7.11. The van der Waals surface area contributed by atoms with Crippen molar-refractivity contribution in [1.29, 1.82) is 0 Å². The third-order valence-corrected chi connectivity index (χ3v) is 4.68. The number of aryl methyl sites for hydroxylation is 2. The number of anilines is 1. The molecule has 0 saturated carbocycles. The number of benzene rings is 2. The fraction of sp³-hybridized carbons (Fsp3) is 0.250. The van der Waals surface area contributed by atoms with E-state index in [1.807, 2.05) is 24.3 Å². The number of imidazole rings is 1. The van der Waals surface area contributed by atoms with Gasteiger partial charge in [0.1, 0.15) is 0 Å². The monoisotopic (exact) mass is 365 g/mol. The highest BCUT2D eigenvalue weighted by atomic mass is 16.5. The second-order valence-corrected chi connectivity index (χ2v) is 6.51. The largest absolute Gasteiger partial charge is 0.462 e. The van der Waals surface area contributed by atoms with Gasteiger partial charge in [0.2, 0.25) is 5.91 Å². The molecule has 0 radical (unpaired) electrons. The fourth-order valence-electron chi connectivity index (χ4n) is 3.31. The fourth-order valence-corrected chi connectivity index (χ4v) is 3.31. The van der Waals surface area contributed by atoms with Gasteiger partial charge in [-0.25, -0.2) is 9.59 Å². The van der Waals surface area contributed by atoms with Crippen LogP contribution in [0.4, 0.5) is 5.69 Å². The van der Waals surface area contributed by atoms with E-state index in [-0.39, 0.29) is 18.2 Å². The molecule has 0 atom stereocenters. The van der Waals surface area contributed by atoms with Crippen LogP contribution in [0.3, 0.4) is 0 Å². The first kappa shape index (κ1) is 17.1. The molecule has 1 aliphatic rings. The number of esters is 1. The van der Waals surface area contributed by atoms with Crippen LogP contribution in [0.15, 0.2) is 47.3 Å². The Morgan fingerprint density at radius 3 is 2.85 bits per heavy atom. The zero-order valence-corrected chi connectivity index (χ0v) is 14.7. The Hall–Kier alpha value is -3.35. The van der Waals surface area contributed by atoms with Crippen LogP contribution in [0.2, 0.25) is 0 Å². The number of aromatic nitrogens is 2. The Balaban J connectivity index is 1.35. The van der Waals surface area contributed by atoms with Gasteiger partial charge in [-0.2, -0.15) is 0 Å². The minimum Gasteiger partial charge on any atom is -0.462 e. The van der Waals surface area contributed by atoms with E-state index >= 15 is 0 Å². The van der Waals surface area contributed by atoms with Crippen LogP contribution >= 0.6 is 0 Å². The molecule has 7 nitrogen and oxygen atoms in total. The number of carbonyl (C=O) groups is 2. The molecular weight excluding hydrogens is 346 g/mol. The molecule has 0 spiro atoms. The van der Waals surface area contributed by atoms with Gasteiger partial charge in [-0.1, -0.05) is 12.1 Å². The van der Waals surface area contributed by atoms with Crippen molar-refractivity contribution in [2.45, 2.75) is 25.8 Å². The van der Waals surface area contributed by atoms with E-state index < -0.39 is 5.97 Å². The summed E-state index contributed by atoms with van der Waals surface area (Å²) in [6, 6.07) is 12.6. The molecule has 7 heteroatoms. The number of rotatable bonds is 5. The molecule has 1 aliphatic heterocycles. The van der Waals surface area contributed by atoms with E-state index in [0.717, 1.165) is 22.3 Å². The van der Waals surface area contributed by atoms with Crippen molar-refractivity contribution in [2.24, 2.45) is 0 Å². The van der Waals surface area contributed by atoms with Crippen LogP contribution in [0.25, 0.3) is 11.0 Å². The van der Waals surface area contributed by atoms with Gasteiger partial charge in [-0.3, -0.25) is 9.36 Å². The maximum absolute atomic E-state index is 12.3. The van der Waals surface area contributed by atoms with Crippen molar-refractivity contribution in [1.82, 2.24) is 9.55 Å². The number of H-pyrrole nitrogens is 1. The van der Waals surface area contributed by atoms with E-state index in [4.69, 9.17) is 4.74 Å². The third-order valence-electron chi connectivity index (χ3n) is 4.68. The summed E-state index contributed by atoms with van der Waals surface area (Å²) in [4.78, 5) is 38.5. The highest BCUT2D eigenvalue weighted by Gasteiger charge is 2.17. The predicted octanol–water partition coefficient (Wildman–Crippen LogP) is 2.46. The lowest BCUT2D eigenvalue weighted by atomic mass is 10.0. The number of ether oxygens (including phenoxy) is 1. The predicted molar refractivity (Wildman–Crippen MR) is 101 cm³/mol. The van der Waals surface area contributed by atoms with Crippen LogP contribution in [-0.4, -0.2) is 28.0 Å². The standard InChI is InChI=1S/C20H19N3O4/c24-18-9-7-13-12-14(6-8-15(13)21-18)19(25)27-11-3-10-23-17-5-2-1-4-16(17)22-20(23)26/h1-2,4-6,8,12H,3,7,9-11H2,(H,21,24)(H,22,26). The third kappa shape index (κ3) is 3.48. The maximum Gasteiger partial charge on any atom is 0.338 e.